The van der Waals surface area contributed by atoms with Gasteiger partial charge in [-0.2, -0.15) is 13.2 Å². The summed E-state index contributed by atoms with van der Waals surface area (Å²) >= 11 is 0. The van der Waals surface area contributed by atoms with E-state index in [1.165, 1.54) is 4.90 Å². The number of carboxylic acids is 1. The summed E-state index contributed by atoms with van der Waals surface area (Å²) in [5, 5.41) is 9.30. The monoisotopic (exact) mass is 302 g/mol. The molecule has 1 unspecified atom stereocenters. The molecule has 21 heavy (non-hydrogen) atoms. The number of hydrogen-bond acceptors (Lipinski definition) is 3. The number of aromatic carboxylic acids is 1. The highest BCUT2D eigenvalue weighted by atomic mass is 19.4. The quantitative estimate of drug-likeness (QED) is 0.911. The van der Waals surface area contributed by atoms with Crippen molar-refractivity contribution in [3.8, 4) is 0 Å². The Labute approximate surface area is 120 Å². The van der Waals surface area contributed by atoms with Crippen LogP contribution in [0.2, 0.25) is 0 Å². The third-order valence-corrected chi connectivity index (χ3v) is 3.72. The normalized spacial score (nSPS) is 19.7. The van der Waals surface area contributed by atoms with Gasteiger partial charge in [0.1, 0.15) is 11.4 Å². The number of aromatic nitrogens is 1. The minimum atomic E-state index is -4.26. The average Bonchev–Trinajstić information content (AvgIpc) is 2.36. The minimum absolute atomic E-state index is 0.0107. The van der Waals surface area contributed by atoms with Crippen LogP contribution in [0.5, 0.6) is 0 Å². The predicted octanol–water partition coefficient (Wildman–Crippen LogP) is 3.18. The fourth-order valence-electron chi connectivity index (χ4n) is 2.75. The maximum Gasteiger partial charge on any atom is 0.393 e. The molecule has 2 heterocycles. The van der Waals surface area contributed by atoms with Crippen LogP contribution in [-0.4, -0.2) is 35.3 Å². The number of pyridine rings is 1. The van der Waals surface area contributed by atoms with Crippen molar-refractivity contribution in [3.05, 3.63) is 22.9 Å². The first-order chi connectivity index (χ1) is 9.70. The van der Waals surface area contributed by atoms with E-state index in [1.807, 2.05) is 0 Å². The first-order valence-corrected chi connectivity index (χ1v) is 6.73. The van der Waals surface area contributed by atoms with Crippen LogP contribution < -0.4 is 4.90 Å². The zero-order valence-corrected chi connectivity index (χ0v) is 11.9. The number of carbonyl (C=O) groups is 1. The molecule has 0 aliphatic carbocycles. The summed E-state index contributed by atoms with van der Waals surface area (Å²) in [6, 6.07) is 1.62. The molecule has 1 aliphatic rings. The molecular weight excluding hydrogens is 285 g/mol. The van der Waals surface area contributed by atoms with Crippen molar-refractivity contribution in [2.45, 2.75) is 32.9 Å². The van der Waals surface area contributed by atoms with Gasteiger partial charge in [0.05, 0.1) is 5.92 Å². The lowest BCUT2D eigenvalue weighted by Gasteiger charge is -2.35. The maximum absolute atomic E-state index is 12.9. The van der Waals surface area contributed by atoms with Crippen molar-refractivity contribution < 1.29 is 23.1 Å². The van der Waals surface area contributed by atoms with Gasteiger partial charge < -0.3 is 10.0 Å². The van der Waals surface area contributed by atoms with Crippen LogP contribution in [0.1, 0.15) is 34.5 Å². The highest BCUT2D eigenvalue weighted by Crippen LogP contribution is 2.35. The summed E-state index contributed by atoms with van der Waals surface area (Å²) in [4.78, 5) is 17.0. The topological polar surface area (TPSA) is 53.4 Å². The highest BCUT2D eigenvalue weighted by Gasteiger charge is 2.42. The van der Waals surface area contributed by atoms with Crippen molar-refractivity contribution in [1.29, 1.82) is 0 Å². The van der Waals surface area contributed by atoms with Crippen LogP contribution in [0.3, 0.4) is 0 Å². The molecule has 0 aromatic carbocycles. The third kappa shape index (κ3) is 3.28. The Balaban J connectivity index is 2.39. The lowest BCUT2D eigenvalue weighted by atomic mass is 9.96. The molecule has 1 saturated heterocycles. The first kappa shape index (κ1) is 15.6. The molecule has 0 saturated carbocycles. The van der Waals surface area contributed by atoms with E-state index >= 15 is 0 Å². The van der Waals surface area contributed by atoms with E-state index in [0.717, 1.165) is 0 Å². The summed E-state index contributed by atoms with van der Waals surface area (Å²) < 4.78 is 38.7. The smallest absolute Gasteiger partial charge is 0.393 e. The second-order valence-corrected chi connectivity index (χ2v) is 5.41. The van der Waals surface area contributed by atoms with Gasteiger partial charge in [0.25, 0.3) is 0 Å². The lowest BCUT2D eigenvalue weighted by Crippen LogP contribution is -2.42. The first-order valence-electron chi connectivity index (χ1n) is 6.73. The average molecular weight is 302 g/mol. The standard InChI is InChI=1S/C14H17F3N2O2/c1-8-6-9(2)18-12(11(8)13(20)21)19-5-3-4-10(7-19)14(15,16)17/h6,10H,3-5,7H2,1-2H3,(H,20,21). The summed E-state index contributed by atoms with van der Waals surface area (Å²) in [5.41, 5.74) is 1.10. The lowest BCUT2D eigenvalue weighted by molar-refractivity contribution is -0.176. The van der Waals surface area contributed by atoms with Gasteiger partial charge in [0, 0.05) is 18.8 Å². The van der Waals surface area contributed by atoms with E-state index in [-0.39, 0.29) is 24.3 Å². The van der Waals surface area contributed by atoms with Gasteiger partial charge in [-0.05, 0) is 38.3 Å². The second kappa shape index (κ2) is 5.54. The van der Waals surface area contributed by atoms with Crippen molar-refractivity contribution in [2.24, 2.45) is 5.92 Å². The van der Waals surface area contributed by atoms with Crippen molar-refractivity contribution in [3.63, 3.8) is 0 Å². The summed E-state index contributed by atoms with van der Waals surface area (Å²) in [6.45, 7) is 3.49. The maximum atomic E-state index is 12.9. The zero-order valence-electron chi connectivity index (χ0n) is 11.9. The SMILES string of the molecule is Cc1cc(C)c(C(=O)O)c(N2CCCC(C(F)(F)F)C2)n1. The Morgan fingerprint density at radius 2 is 2.10 bits per heavy atom. The molecule has 1 aliphatic heterocycles. The van der Waals surface area contributed by atoms with Crippen LogP contribution in [0.15, 0.2) is 6.07 Å². The molecule has 0 radical (unpaired) electrons. The van der Waals surface area contributed by atoms with E-state index in [9.17, 15) is 23.1 Å². The number of piperidine rings is 1. The summed E-state index contributed by atoms with van der Waals surface area (Å²) in [6.07, 6.45) is -3.81. The van der Waals surface area contributed by atoms with Gasteiger partial charge in [0.15, 0.2) is 0 Å². The summed E-state index contributed by atoms with van der Waals surface area (Å²) in [7, 11) is 0. The van der Waals surface area contributed by atoms with Crippen molar-refractivity contribution in [2.75, 3.05) is 18.0 Å². The molecule has 1 fully saturated rings. The number of hydrogen-bond donors (Lipinski definition) is 1. The van der Waals surface area contributed by atoms with E-state index in [4.69, 9.17) is 0 Å². The van der Waals surface area contributed by atoms with E-state index < -0.39 is 18.1 Å². The molecule has 116 valence electrons. The van der Waals surface area contributed by atoms with Gasteiger partial charge >= 0.3 is 12.1 Å². The Morgan fingerprint density at radius 3 is 2.67 bits per heavy atom. The van der Waals surface area contributed by atoms with Crippen LogP contribution >= 0.6 is 0 Å². The number of halogens is 3. The number of rotatable bonds is 2. The molecule has 0 amide bonds. The number of nitrogens with zero attached hydrogens (tertiary/aromatic N) is 2. The molecule has 0 bridgehead atoms. The Hall–Kier alpha value is -1.79. The molecular formula is C14H17F3N2O2. The molecule has 1 N–H and O–H groups in total. The fraction of sp³-hybridized carbons (Fsp3) is 0.571. The minimum Gasteiger partial charge on any atom is -0.478 e. The van der Waals surface area contributed by atoms with Gasteiger partial charge in [-0.25, -0.2) is 9.78 Å². The number of anilines is 1. The van der Waals surface area contributed by atoms with Crippen LogP contribution in [0, 0.1) is 19.8 Å². The molecule has 2 rings (SSSR count). The fourth-order valence-corrected chi connectivity index (χ4v) is 2.75. The number of aryl methyl sites for hydroxylation is 2. The molecule has 4 nitrogen and oxygen atoms in total. The van der Waals surface area contributed by atoms with Gasteiger partial charge in [-0.3, -0.25) is 0 Å². The molecule has 7 heteroatoms. The zero-order chi connectivity index (χ0) is 15.8. The van der Waals surface area contributed by atoms with E-state index in [2.05, 4.69) is 4.98 Å². The molecule has 1 aromatic heterocycles. The van der Waals surface area contributed by atoms with Crippen LogP contribution in [0.25, 0.3) is 0 Å². The molecule has 1 atom stereocenters. The second-order valence-electron chi connectivity index (χ2n) is 5.41. The van der Waals surface area contributed by atoms with E-state index in [1.54, 1.807) is 19.9 Å². The van der Waals surface area contributed by atoms with Crippen LogP contribution in [-0.2, 0) is 0 Å². The Bertz CT molecular complexity index is 558. The van der Waals surface area contributed by atoms with Crippen molar-refractivity contribution in [1.82, 2.24) is 4.98 Å². The molecule has 1 aromatic rings. The van der Waals surface area contributed by atoms with Crippen LogP contribution in [0.4, 0.5) is 19.0 Å². The molecule has 0 spiro atoms. The van der Waals surface area contributed by atoms with Gasteiger partial charge in [0.2, 0.25) is 0 Å². The predicted molar refractivity (Wildman–Crippen MR) is 71.7 cm³/mol. The Morgan fingerprint density at radius 1 is 1.43 bits per heavy atom. The van der Waals surface area contributed by atoms with E-state index in [0.29, 0.717) is 24.2 Å². The third-order valence-electron chi connectivity index (χ3n) is 3.72. The van der Waals surface area contributed by atoms with Gasteiger partial charge in [-0.1, -0.05) is 0 Å². The highest BCUT2D eigenvalue weighted by molar-refractivity contribution is 5.95. The number of carboxylic acid groups (broad SMARTS) is 1. The largest absolute Gasteiger partial charge is 0.478 e. The number of alkyl halides is 3. The summed E-state index contributed by atoms with van der Waals surface area (Å²) in [5.74, 6) is -2.45. The Kier molecular flexibility index (Phi) is 4.11. The van der Waals surface area contributed by atoms with Crippen molar-refractivity contribution >= 4 is 11.8 Å². The van der Waals surface area contributed by atoms with Gasteiger partial charge in [-0.15, -0.1) is 0 Å².